The van der Waals surface area contributed by atoms with Gasteiger partial charge in [-0.1, -0.05) is 36.0 Å². The molecule has 0 fully saturated rings. The third kappa shape index (κ3) is 4.06. The summed E-state index contributed by atoms with van der Waals surface area (Å²) in [6, 6.07) is 17.7. The number of thioether (sulfide) groups is 1. The van der Waals surface area contributed by atoms with Crippen molar-refractivity contribution in [3.05, 3.63) is 82.5 Å². The molecule has 0 atom stereocenters. The fraction of sp³-hybridized carbons (Fsp3) is 0.0870. The summed E-state index contributed by atoms with van der Waals surface area (Å²) in [5.74, 6) is -0.222. The van der Waals surface area contributed by atoms with Crippen LogP contribution in [0.15, 0.2) is 74.9 Å². The zero-order valence-electron chi connectivity index (χ0n) is 15.9. The standard InChI is InChI=1S/C23H16O6S/c1-27-21(24)13-28-23(26)15-6-4-5-14(11-15)18-10-9-16(29-18)12-20-22(25)17-7-2-3-8-19(17)30-20/h2-12H,13H2,1H3/b20-12-. The van der Waals surface area contributed by atoms with Gasteiger partial charge in [0.15, 0.2) is 6.61 Å². The molecule has 6 nitrogen and oxygen atoms in total. The van der Waals surface area contributed by atoms with E-state index in [9.17, 15) is 14.4 Å². The van der Waals surface area contributed by atoms with Crippen molar-refractivity contribution in [2.24, 2.45) is 0 Å². The molecule has 4 rings (SSSR count). The summed E-state index contributed by atoms with van der Waals surface area (Å²) in [5, 5.41) is 0. The third-order valence-electron chi connectivity index (χ3n) is 4.41. The summed E-state index contributed by atoms with van der Waals surface area (Å²) in [4.78, 5) is 37.3. The van der Waals surface area contributed by atoms with Gasteiger partial charge >= 0.3 is 11.9 Å². The number of ether oxygens (including phenoxy) is 2. The van der Waals surface area contributed by atoms with E-state index in [1.54, 1.807) is 42.5 Å². The lowest BCUT2D eigenvalue weighted by atomic mass is 10.1. The molecule has 0 unspecified atom stereocenters. The summed E-state index contributed by atoms with van der Waals surface area (Å²) in [6.07, 6.45) is 1.71. The van der Waals surface area contributed by atoms with Crippen molar-refractivity contribution < 1.29 is 28.3 Å². The quantitative estimate of drug-likeness (QED) is 0.440. The van der Waals surface area contributed by atoms with Crippen LogP contribution in [0.5, 0.6) is 0 Å². The number of carbonyl (C=O) groups excluding carboxylic acids is 3. The van der Waals surface area contributed by atoms with Gasteiger partial charge in [0.05, 0.1) is 17.6 Å². The number of furan rings is 1. The number of hydrogen-bond donors (Lipinski definition) is 0. The van der Waals surface area contributed by atoms with Crippen molar-refractivity contribution in [1.29, 1.82) is 0 Å². The number of rotatable bonds is 5. The summed E-state index contributed by atoms with van der Waals surface area (Å²) in [5.41, 5.74) is 1.64. The van der Waals surface area contributed by atoms with E-state index in [-0.39, 0.29) is 11.3 Å². The second-order valence-corrected chi connectivity index (χ2v) is 7.45. The van der Waals surface area contributed by atoms with Crippen LogP contribution >= 0.6 is 11.8 Å². The SMILES string of the molecule is COC(=O)COC(=O)c1cccc(-c2ccc(/C=C3\Sc4ccccc4C3=O)o2)c1. The summed E-state index contributed by atoms with van der Waals surface area (Å²) in [6.45, 7) is -0.452. The molecule has 2 aromatic carbocycles. The Labute approximate surface area is 176 Å². The van der Waals surface area contributed by atoms with Crippen molar-refractivity contribution in [1.82, 2.24) is 0 Å². The Hall–Kier alpha value is -3.58. The average Bonchev–Trinajstić information content (AvgIpc) is 3.37. The number of hydrogen-bond acceptors (Lipinski definition) is 7. The van der Waals surface area contributed by atoms with Gasteiger partial charge in [0.2, 0.25) is 5.78 Å². The Morgan fingerprint density at radius 2 is 1.90 bits per heavy atom. The van der Waals surface area contributed by atoms with E-state index >= 15 is 0 Å². The van der Waals surface area contributed by atoms with E-state index in [1.165, 1.54) is 18.9 Å². The van der Waals surface area contributed by atoms with E-state index in [0.717, 1.165) is 4.90 Å². The Morgan fingerprint density at radius 3 is 2.70 bits per heavy atom. The lowest BCUT2D eigenvalue weighted by Gasteiger charge is -2.04. The highest BCUT2D eigenvalue weighted by Crippen LogP contribution is 2.40. The predicted molar refractivity (Wildman–Crippen MR) is 111 cm³/mol. The van der Waals surface area contributed by atoms with Gasteiger partial charge in [-0.2, -0.15) is 0 Å². The molecule has 1 aliphatic heterocycles. The molecule has 0 aliphatic carbocycles. The summed E-state index contributed by atoms with van der Waals surface area (Å²) >= 11 is 1.41. The molecular formula is C23H16O6S. The second kappa shape index (κ2) is 8.42. The maximum absolute atomic E-state index is 12.5. The molecule has 150 valence electrons. The largest absolute Gasteiger partial charge is 0.466 e. The van der Waals surface area contributed by atoms with Crippen LogP contribution in [0.2, 0.25) is 0 Å². The van der Waals surface area contributed by atoms with Gasteiger partial charge in [0.25, 0.3) is 0 Å². The molecule has 0 saturated heterocycles. The van der Waals surface area contributed by atoms with Crippen LogP contribution in [0, 0.1) is 0 Å². The molecule has 0 radical (unpaired) electrons. The number of carbonyl (C=O) groups is 3. The third-order valence-corrected chi connectivity index (χ3v) is 5.51. The van der Waals surface area contributed by atoms with Crippen LogP contribution < -0.4 is 0 Å². The predicted octanol–water partition coefficient (Wildman–Crippen LogP) is 4.61. The molecule has 30 heavy (non-hydrogen) atoms. The van der Waals surface area contributed by atoms with Crippen LogP contribution in [-0.4, -0.2) is 31.4 Å². The van der Waals surface area contributed by atoms with Crippen molar-refractivity contribution in [2.45, 2.75) is 4.90 Å². The number of allylic oxidation sites excluding steroid dienone is 1. The average molecular weight is 420 g/mol. The van der Waals surface area contributed by atoms with E-state index < -0.39 is 18.5 Å². The van der Waals surface area contributed by atoms with E-state index in [0.29, 0.717) is 27.6 Å². The zero-order valence-corrected chi connectivity index (χ0v) is 16.7. The van der Waals surface area contributed by atoms with Gasteiger partial charge in [-0.25, -0.2) is 9.59 Å². The molecule has 0 amide bonds. The van der Waals surface area contributed by atoms with E-state index in [1.807, 2.05) is 24.3 Å². The lowest BCUT2D eigenvalue weighted by Crippen LogP contribution is -2.15. The number of methoxy groups -OCH3 is 1. The molecule has 3 aromatic rings. The molecule has 0 N–H and O–H groups in total. The number of esters is 2. The monoisotopic (exact) mass is 420 g/mol. The fourth-order valence-corrected chi connectivity index (χ4v) is 3.95. The second-order valence-electron chi connectivity index (χ2n) is 6.37. The normalized spacial score (nSPS) is 13.9. The number of ketones is 1. The molecule has 1 aromatic heterocycles. The highest BCUT2D eigenvalue weighted by atomic mass is 32.2. The maximum Gasteiger partial charge on any atom is 0.344 e. The van der Waals surface area contributed by atoms with Gasteiger partial charge in [0, 0.05) is 16.0 Å². The van der Waals surface area contributed by atoms with Gasteiger partial charge in [-0.3, -0.25) is 4.79 Å². The van der Waals surface area contributed by atoms with Gasteiger partial charge in [0.1, 0.15) is 11.5 Å². The summed E-state index contributed by atoms with van der Waals surface area (Å²) < 4.78 is 15.2. The first-order valence-electron chi connectivity index (χ1n) is 9.02. The van der Waals surface area contributed by atoms with E-state index in [4.69, 9.17) is 9.15 Å². The molecule has 2 heterocycles. The minimum atomic E-state index is -0.637. The molecule has 1 aliphatic rings. The molecule has 0 bridgehead atoms. The van der Waals surface area contributed by atoms with Crippen molar-refractivity contribution in [2.75, 3.05) is 13.7 Å². The van der Waals surface area contributed by atoms with Crippen molar-refractivity contribution >= 4 is 35.6 Å². The minimum absolute atomic E-state index is 0.0242. The Bertz CT molecular complexity index is 1170. The highest BCUT2D eigenvalue weighted by Gasteiger charge is 2.25. The van der Waals surface area contributed by atoms with Crippen molar-refractivity contribution in [3.8, 4) is 11.3 Å². The number of Topliss-reactive ketones (excluding diaryl/α,β-unsaturated/α-hetero) is 1. The van der Waals surface area contributed by atoms with Crippen LogP contribution in [-0.2, 0) is 14.3 Å². The molecule has 0 saturated carbocycles. The van der Waals surface area contributed by atoms with Crippen LogP contribution in [0.25, 0.3) is 17.4 Å². The van der Waals surface area contributed by atoms with Gasteiger partial charge in [-0.15, -0.1) is 0 Å². The Kier molecular flexibility index (Phi) is 5.54. The van der Waals surface area contributed by atoms with Gasteiger partial charge < -0.3 is 13.9 Å². The number of benzene rings is 2. The first-order valence-corrected chi connectivity index (χ1v) is 9.84. The lowest BCUT2D eigenvalue weighted by molar-refractivity contribution is -0.144. The van der Waals surface area contributed by atoms with Crippen LogP contribution in [0.3, 0.4) is 0 Å². The maximum atomic E-state index is 12.5. The van der Waals surface area contributed by atoms with E-state index in [2.05, 4.69) is 4.74 Å². The smallest absolute Gasteiger partial charge is 0.344 e. The summed E-state index contributed by atoms with van der Waals surface area (Å²) in [7, 11) is 1.22. The fourth-order valence-electron chi connectivity index (χ4n) is 2.92. The highest BCUT2D eigenvalue weighted by molar-refractivity contribution is 8.04. The first-order chi connectivity index (χ1) is 14.5. The zero-order chi connectivity index (χ0) is 21.1. The Balaban J connectivity index is 1.52. The van der Waals surface area contributed by atoms with Crippen LogP contribution in [0.1, 0.15) is 26.5 Å². The number of fused-ring (bicyclic) bond motifs is 1. The van der Waals surface area contributed by atoms with Gasteiger partial charge in [-0.05, 0) is 42.5 Å². The minimum Gasteiger partial charge on any atom is -0.466 e. The molecule has 0 spiro atoms. The van der Waals surface area contributed by atoms with Crippen molar-refractivity contribution in [3.63, 3.8) is 0 Å². The molecule has 7 heteroatoms. The molecular weight excluding hydrogens is 404 g/mol. The Morgan fingerprint density at radius 1 is 1.07 bits per heavy atom. The van der Waals surface area contributed by atoms with Crippen LogP contribution in [0.4, 0.5) is 0 Å². The first kappa shape index (κ1) is 19.7. The topological polar surface area (TPSA) is 82.8 Å².